The second-order valence-electron chi connectivity index (χ2n) is 7.98. The third kappa shape index (κ3) is 6.29. The van der Waals surface area contributed by atoms with Gasteiger partial charge in [0.15, 0.2) is 21.4 Å². The van der Waals surface area contributed by atoms with Gasteiger partial charge in [-0.2, -0.15) is 0 Å². The van der Waals surface area contributed by atoms with Gasteiger partial charge in [-0.15, -0.1) is 0 Å². The van der Waals surface area contributed by atoms with Crippen molar-refractivity contribution in [1.29, 1.82) is 0 Å². The molecule has 0 unspecified atom stereocenters. The van der Waals surface area contributed by atoms with Gasteiger partial charge >= 0.3 is 6.09 Å². The van der Waals surface area contributed by atoms with Crippen LogP contribution in [0.3, 0.4) is 0 Å². The minimum Gasteiger partial charge on any atom is -0.486 e. The molecule has 0 saturated carbocycles. The molecular weight excluding hydrogens is 465 g/mol. The Labute approximate surface area is 198 Å². The summed E-state index contributed by atoms with van der Waals surface area (Å²) in [5.41, 5.74) is -0.0177. The van der Waals surface area contributed by atoms with Crippen LogP contribution in [0.25, 0.3) is 0 Å². The normalized spacial score (nSPS) is 14.4. The lowest BCUT2D eigenvalue weighted by Gasteiger charge is -2.32. The topological polar surface area (TPSA) is 107 Å². The van der Waals surface area contributed by atoms with Crippen molar-refractivity contribution in [2.45, 2.75) is 43.8 Å². The number of anilines is 2. The fourth-order valence-corrected chi connectivity index (χ4v) is 3.97. The Kier molecular flexibility index (Phi) is 7.83. The number of pyridine rings is 1. The van der Waals surface area contributed by atoms with Gasteiger partial charge < -0.3 is 24.4 Å². The highest BCUT2D eigenvalue weighted by Gasteiger charge is 2.27. The van der Waals surface area contributed by atoms with Crippen molar-refractivity contribution >= 4 is 27.4 Å². The molecule has 0 radical (unpaired) electrons. The number of terminal acetylenes is 1. The Morgan fingerprint density at radius 2 is 2.00 bits per heavy atom. The molecule has 182 valence electrons. The molecule has 34 heavy (non-hydrogen) atoms. The molecule has 1 saturated heterocycles. The van der Waals surface area contributed by atoms with Gasteiger partial charge in [0.05, 0.1) is 16.7 Å². The largest absolute Gasteiger partial charge is 0.486 e. The Morgan fingerprint density at radius 1 is 1.29 bits per heavy atom. The summed E-state index contributed by atoms with van der Waals surface area (Å²) in [6, 6.07) is 5.05. The van der Waals surface area contributed by atoms with E-state index in [4.69, 9.17) is 20.6 Å². The number of halogens is 1. The van der Waals surface area contributed by atoms with Crippen molar-refractivity contribution in [3.8, 4) is 24.0 Å². The number of sulfone groups is 1. The molecule has 3 rings (SSSR count). The molecule has 2 aromatic rings. The average Bonchev–Trinajstić information content (AvgIpc) is 2.76. The molecule has 11 heteroatoms. The van der Waals surface area contributed by atoms with Crippen LogP contribution in [0, 0.1) is 18.3 Å². The fraction of sp³-hybridized carbons (Fsp3) is 0.391. The van der Waals surface area contributed by atoms with E-state index in [2.05, 4.69) is 16.4 Å². The first kappa shape index (κ1) is 25.1. The number of nitrogens with one attached hydrogen (secondary N) is 1. The molecule has 1 N–H and O–H groups in total. The van der Waals surface area contributed by atoms with Gasteiger partial charge in [0, 0.05) is 44.5 Å². The molecule has 1 amide bonds. The van der Waals surface area contributed by atoms with Crippen molar-refractivity contribution in [1.82, 2.24) is 9.88 Å². The van der Waals surface area contributed by atoms with E-state index in [-0.39, 0.29) is 40.5 Å². The molecule has 1 aromatic heterocycles. The van der Waals surface area contributed by atoms with Crippen molar-refractivity contribution in [2.24, 2.45) is 0 Å². The quantitative estimate of drug-likeness (QED) is 0.584. The molecule has 9 nitrogen and oxygen atoms in total. The predicted octanol–water partition coefficient (Wildman–Crippen LogP) is 3.73. The molecule has 1 aliphatic heterocycles. The molecule has 1 aromatic carbocycles. The summed E-state index contributed by atoms with van der Waals surface area (Å²) in [5, 5.41) is 2.77. The lowest BCUT2D eigenvalue weighted by molar-refractivity contribution is 0.0512. The summed E-state index contributed by atoms with van der Waals surface area (Å²) < 4.78 is 54.4. The number of carbonyl (C=O) groups is 1. The van der Waals surface area contributed by atoms with Crippen molar-refractivity contribution in [3.05, 3.63) is 36.3 Å². The third-order valence-electron chi connectivity index (χ3n) is 4.98. The van der Waals surface area contributed by atoms with E-state index in [1.165, 1.54) is 18.3 Å². The van der Waals surface area contributed by atoms with Gasteiger partial charge in [-0.25, -0.2) is 22.6 Å². The molecule has 1 aliphatic rings. The van der Waals surface area contributed by atoms with Gasteiger partial charge in [0.25, 0.3) is 0 Å². The van der Waals surface area contributed by atoms with Crippen LogP contribution in [-0.4, -0.2) is 55.9 Å². The molecule has 0 spiro atoms. The Bertz CT molecular complexity index is 1190. The zero-order valence-electron chi connectivity index (χ0n) is 19.1. The highest BCUT2D eigenvalue weighted by atomic mass is 32.2. The number of aromatic nitrogens is 1. The maximum atomic E-state index is 14.5. The second kappa shape index (κ2) is 10.6. The van der Waals surface area contributed by atoms with Crippen LogP contribution in [0.5, 0.6) is 11.5 Å². The number of likely N-dealkylation sites (tertiary alicyclic amines) is 1. The maximum Gasteiger partial charge on any atom is 0.410 e. The summed E-state index contributed by atoms with van der Waals surface area (Å²) >= 11 is 0. The van der Waals surface area contributed by atoms with E-state index < -0.39 is 15.7 Å². The maximum absolute atomic E-state index is 14.5. The van der Waals surface area contributed by atoms with Crippen LogP contribution in [0.15, 0.2) is 35.4 Å². The van der Waals surface area contributed by atoms with Crippen LogP contribution < -0.4 is 14.8 Å². The number of piperidine rings is 1. The van der Waals surface area contributed by atoms with Crippen LogP contribution in [-0.2, 0) is 14.6 Å². The predicted molar refractivity (Wildman–Crippen MR) is 123 cm³/mol. The second-order valence-corrected chi connectivity index (χ2v) is 10.00. The first-order valence-electron chi connectivity index (χ1n) is 10.6. The standard InChI is InChI=1S/C23H26FN3O6S/c1-5-31-21-20(33-16-9-12-27(13-10-16)23(28)32-15(2)3)8-11-25-22(21)26-19-7-6-17(14-18(19)24)34(4,29)30/h1,6-8,11,14-16H,9-10,12-13H2,2-4H3,(H,25,26). The number of ether oxygens (including phenoxy) is 3. The summed E-state index contributed by atoms with van der Waals surface area (Å²) in [4.78, 5) is 17.7. The zero-order chi connectivity index (χ0) is 24.9. The van der Waals surface area contributed by atoms with Gasteiger partial charge in [0.2, 0.25) is 5.75 Å². The van der Waals surface area contributed by atoms with E-state index in [1.807, 2.05) is 0 Å². The fourth-order valence-electron chi connectivity index (χ4n) is 3.34. The monoisotopic (exact) mass is 491 g/mol. The van der Waals surface area contributed by atoms with Crippen molar-refractivity contribution < 1.29 is 31.8 Å². The summed E-state index contributed by atoms with van der Waals surface area (Å²) in [5.74, 6) is -0.312. The Morgan fingerprint density at radius 3 is 2.59 bits per heavy atom. The van der Waals surface area contributed by atoms with E-state index in [1.54, 1.807) is 24.8 Å². The van der Waals surface area contributed by atoms with Crippen LogP contribution in [0.2, 0.25) is 0 Å². The summed E-state index contributed by atoms with van der Waals surface area (Å²) in [7, 11) is -3.56. The molecule has 0 atom stereocenters. The molecule has 0 aliphatic carbocycles. The summed E-state index contributed by atoms with van der Waals surface area (Å²) in [6.45, 7) is 4.52. The molecule has 1 fully saturated rings. The van der Waals surface area contributed by atoms with E-state index in [9.17, 15) is 17.6 Å². The van der Waals surface area contributed by atoms with Crippen LogP contribution >= 0.6 is 0 Å². The highest BCUT2D eigenvalue weighted by molar-refractivity contribution is 7.90. The van der Waals surface area contributed by atoms with Gasteiger partial charge in [-0.3, -0.25) is 0 Å². The van der Waals surface area contributed by atoms with Gasteiger partial charge in [-0.1, -0.05) is 6.42 Å². The molecule has 2 heterocycles. The number of amides is 1. The van der Waals surface area contributed by atoms with E-state index >= 15 is 0 Å². The number of hydrogen-bond donors (Lipinski definition) is 1. The first-order chi connectivity index (χ1) is 16.1. The van der Waals surface area contributed by atoms with E-state index in [0.29, 0.717) is 31.7 Å². The SMILES string of the molecule is C#COc1c(OC2CCN(C(=O)OC(C)C)CC2)ccnc1Nc1ccc(S(C)(=O)=O)cc1F. The Balaban J connectivity index is 1.75. The van der Waals surface area contributed by atoms with Crippen LogP contribution in [0.1, 0.15) is 26.7 Å². The highest BCUT2D eigenvalue weighted by Crippen LogP contribution is 2.37. The van der Waals surface area contributed by atoms with Crippen molar-refractivity contribution in [3.63, 3.8) is 0 Å². The first-order valence-corrected chi connectivity index (χ1v) is 12.5. The van der Waals surface area contributed by atoms with E-state index in [0.717, 1.165) is 12.3 Å². The Hall–Kier alpha value is -3.52. The molecule has 0 bridgehead atoms. The lowest BCUT2D eigenvalue weighted by atomic mass is 10.1. The number of nitrogens with zero attached hydrogens (tertiary/aromatic N) is 2. The van der Waals surface area contributed by atoms with Crippen molar-refractivity contribution in [2.75, 3.05) is 24.7 Å². The van der Waals surface area contributed by atoms with Crippen LogP contribution in [0.4, 0.5) is 20.7 Å². The van der Waals surface area contributed by atoms with Gasteiger partial charge in [-0.05, 0) is 32.0 Å². The smallest absolute Gasteiger partial charge is 0.410 e. The minimum absolute atomic E-state index is 0.0177. The number of rotatable bonds is 7. The summed E-state index contributed by atoms with van der Waals surface area (Å²) in [6.07, 6.45) is 10.2. The third-order valence-corrected chi connectivity index (χ3v) is 6.09. The van der Waals surface area contributed by atoms with Gasteiger partial charge in [0.1, 0.15) is 18.0 Å². The lowest BCUT2D eigenvalue weighted by Crippen LogP contribution is -2.42. The zero-order valence-corrected chi connectivity index (χ0v) is 19.9. The number of benzene rings is 1. The number of hydrogen-bond acceptors (Lipinski definition) is 8. The minimum atomic E-state index is -3.56. The molecular formula is C23H26FN3O6S. The number of carbonyl (C=O) groups excluding carboxylic acids is 1. The average molecular weight is 492 g/mol.